The molecule has 0 spiro atoms. The zero-order valence-corrected chi connectivity index (χ0v) is 9.70. The summed E-state index contributed by atoms with van der Waals surface area (Å²) < 4.78 is 39.9. The number of rotatable bonds is 2. The Bertz CT molecular complexity index is 538. The van der Waals surface area contributed by atoms with Crippen molar-refractivity contribution in [2.75, 3.05) is 5.73 Å². The van der Waals surface area contributed by atoms with Crippen LogP contribution in [0.3, 0.4) is 0 Å². The number of aryl methyl sites for hydroxylation is 1. The van der Waals surface area contributed by atoms with Crippen LogP contribution in [0.1, 0.15) is 16.8 Å². The average molecular weight is 255 g/mol. The molecular formula is C12H12F3N3. The van der Waals surface area contributed by atoms with Crippen molar-refractivity contribution < 1.29 is 13.2 Å². The minimum atomic E-state index is -4.35. The molecule has 2 N–H and O–H groups in total. The van der Waals surface area contributed by atoms with Gasteiger partial charge in [-0.1, -0.05) is 18.2 Å². The lowest BCUT2D eigenvalue weighted by Gasteiger charge is -2.11. The van der Waals surface area contributed by atoms with Gasteiger partial charge in [0.15, 0.2) is 5.95 Å². The highest BCUT2D eigenvalue weighted by Crippen LogP contribution is 2.32. The van der Waals surface area contributed by atoms with Gasteiger partial charge < -0.3 is 10.3 Å². The molecule has 0 bridgehead atoms. The number of hydrogen-bond donors (Lipinski definition) is 1. The van der Waals surface area contributed by atoms with Crippen molar-refractivity contribution in [3.63, 3.8) is 0 Å². The molecule has 1 aromatic heterocycles. The maximum absolute atomic E-state index is 12.8. The van der Waals surface area contributed by atoms with Crippen LogP contribution in [0.15, 0.2) is 30.5 Å². The smallest absolute Gasteiger partial charge is 0.369 e. The number of benzene rings is 1. The van der Waals surface area contributed by atoms with Crippen molar-refractivity contribution in [1.29, 1.82) is 0 Å². The number of hydrogen-bond acceptors (Lipinski definition) is 2. The van der Waals surface area contributed by atoms with E-state index in [9.17, 15) is 13.2 Å². The van der Waals surface area contributed by atoms with Crippen molar-refractivity contribution in [3.8, 4) is 0 Å². The summed E-state index contributed by atoms with van der Waals surface area (Å²) in [5.74, 6) is 0.287. The summed E-state index contributed by atoms with van der Waals surface area (Å²) in [5, 5.41) is 0. The van der Waals surface area contributed by atoms with Crippen molar-refractivity contribution >= 4 is 5.95 Å². The second-order valence-electron chi connectivity index (χ2n) is 4.03. The number of halogens is 3. The van der Waals surface area contributed by atoms with E-state index >= 15 is 0 Å². The van der Waals surface area contributed by atoms with E-state index in [4.69, 9.17) is 5.73 Å². The third-order valence-corrected chi connectivity index (χ3v) is 2.66. The van der Waals surface area contributed by atoms with Crippen LogP contribution in [0.5, 0.6) is 0 Å². The first kappa shape index (κ1) is 12.5. The summed E-state index contributed by atoms with van der Waals surface area (Å²) >= 11 is 0. The maximum atomic E-state index is 12.8. The van der Waals surface area contributed by atoms with Gasteiger partial charge >= 0.3 is 6.18 Å². The first-order chi connectivity index (χ1) is 8.38. The highest BCUT2D eigenvalue weighted by atomic mass is 19.4. The number of nitrogen functional groups attached to an aromatic ring is 1. The number of alkyl halides is 3. The van der Waals surface area contributed by atoms with Gasteiger partial charge in [0, 0.05) is 19.7 Å². The Hall–Kier alpha value is -1.98. The molecule has 1 aromatic carbocycles. The van der Waals surface area contributed by atoms with E-state index in [2.05, 4.69) is 4.98 Å². The number of anilines is 1. The Morgan fingerprint density at radius 1 is 1.28 bits per heavy atom. The lowest BCUT2D eigenvalue weighted by Crippen LogP contribution is -2.09. The largest absolute Gasteiger partial charge is 0.416 e. The fourth-order valence-electron chi connectivity index (χ4n) is 1.78. The van der Waals surface area contributed by atoms with Crippen LogP contribution in [0.2, 0.25) is 0 Å². The van der Waals surface area contributed by atoms with Gasteiger partial charge in [0.2, 0.25) is 0 Å². The molecule has 0 aliphatic rings. The first-order valence-corrected chi connectivity index (χ1v) is 5.30. The SMILES string of the molecule is Cn1cc(Cc2ccccc2C(F)(F)F)nc1N. The Kier molecular flexibility index (Phi) is 3.02. The molecule has 6 heteroatoms. The van der Waals surface area contributed by atoms with Gasteiger partial charge in [-0.25, -0.2) is 4.98 Å². The topological polar surface area (TPSA) is 43.8 Å². The molecule has 0 saturated carbocycles. The molecule has 0 amide bonds. The van der Waals surface area contributed by atoms with Crippen molar-refractivity contribution in [1.82, 2.24) is 9.55 Å². The summed E-state index contributed by atoms with van der Waals surface area (Å²) in [5.41, 5.74) is 5.63. The predicted octanol–water partition coefficient (Wildman–Crippen LogP) is 2.61. The molecule has 0 aliphatic heterocycles. The van der Waals surface area contributed by atoms with Crippen LogP contribution in [0.25, 0.3) is 0 Å². The molecule has 0 atom stereocenters. The van der Waals surface area contributed by atoms with Gasteiger partial charge in [0.05, 0.1) is 11.3 Å². The molecule has 1 heterocycles. The van der Waals surface area contributed by atoms with E-state index < -0.39 is 11.7 Å². The Labute approximate surface area is 102 Å². The summed E-state index contributed by atoms with van der Waals surface area (Å²) in [6.45, 7) is 0. The fraction of sp³-hybridized carbons (Fsp3) is 0.250. The molecule has 18 heavy (non-hydrogen) atoms. The zero-order chi connectivity index (χ0) is 13.3. The number of nitrogens with two attached hydrogens (primary N) is 1. The lowest BCUT2D eigenvalue weighted by molar-refractivity contribution is -0.138. The molecule has 96 valence electrons. The highest BCUT2D eigenvalue weighted by Gasteiger charge is 2.32. The zero-order valence-electron chi connectivity index (χ0n) is 9.70. The van der Waals surface area contributed by atoms with Gasteiger partial charge in [0.1, 0.15) is 0 Å². The molecule has 0 unspecified atom stereocenters. The molecule has 0 saturated heterocycles. The summed E-state index contributed by atoms with van der Waals surface area (Å²) in [7, 11) is 1.70. The Balaban J connectivity index is 2.35. The maximum Gasteiger partial charge on any atom is 0.416 e. The second-order valence-corrected chi connectivity index (χ2v) is 4.03. The van der Waals surface area contributed by atoms with E-state index in [0.717, 1.165) is 6.07 Å². The predicted molar refractivity (Wildman–Crippen MR) is 61.9 cm³/mol. The summed E-state index contributed by atoms with van der Waals surface area (Å²) in [6.07, 6.45) is -2.61. The second kappa shape index (κ2) is 4.36. The molecule has 0 aliphatic carbocycles. The molecule has 2 rings (SSSR count). The number of aromatic nitrogens is 2. The molecule has 0 radical (unpaired) electrons. The van der Waals surface area contributed by atoms with E-state index in [0.29, 0.717) is 5.69 Å². The molecule has 0 fully saturated rings. The van der Waals surface area contributed by atoms with E-state index in [1.165, 1.54) is 12.1 Å². The molecule has 2 aromatic rings. The van der Waals surface area contributed by atoms with Crippen LogP contribution in [0.4, 0.5) is 19.1 Å². The highest BCUT2D eigenvalue weighted by molar-refractivity contribution is 5.34. The minimum absolute atomic E-state index is 0.112. The molecule has 3 nitrogen and oxygen atoms in total. The molecular weight excluding hydrogens is 243 g/mol. The minimum Gasteiger partial charge on any atom is -0.369 e. The van der Waals surface area contributed by atoms with E-state index in [1.807, 2.05) is 0 Å². The van der Waals surface area contributed by atoms with Crippen molar-refractivity contribution in [3.05, 3.63) is 47.3 Å². The third kappa shape index (κ3) is 2.47. The van der Waals surface area contributed by atoms with Gasteiger partial charge in [-0.15, -0.1) is 0 Å². The summed E-state index contributed by atoms with van der Waals surface area (Å²) in [4.78, 5) is 4.00. The van der Waals surface area contributed by atoms with Crippen LogP contribution in [0, 0.1) is 0 Å². The quantitative estimate of drug-likeness (QED) is 0.896. The van der Waals surface area contributed by atoms with Crippen molar-refractivity contribution in [2.45, 2.75) is 12.6 Å². The van der Waals surface area contributed by atoms with Gasteiger partial charge in [-0.2, -0.15) is 13.2 Å². The number of nitrogens with zero attached hydrogens (tertiary/aromatic N) is 2. The van der Waals surface area contributed by atoms with Gasteiger partial charge in [0.25, 0.3) is 0 Å². The number of imidazole rings is 1. The van der Waals surface area contributed by atoms with E-state index in [1.54, 1.807) is 23.9 Å². The van der Waals surface area contributed by atoms with Gasteiger partial charge in [-0.3, -0.25) is 0 Å². The average Bonchev–Trinajstić information content (AvgIpc) is 2.57. The normalized spacial score (nSPS) is 11.8. The first-order valence-electron chi connectivity index (χ1n) is 5.30. The fourth-order valence-corrected chi connectivity index (χ4v) is 1.78. The van der Waals surface area contributed by atoms with Crippen LogP contribution < -0.4 is 5.73 Å². The third-order valence-electron chi connectivity index (χ3n) is 2.66. The summed E-state index contributed by atoms with van der Waals surface area (Å²) in [6, 6.07) is 5.48. The Morgan fingerprint density at radius 3 is 2.50 bits per heavy atom. The lowest BCUT2D eigenvalue weighted by atomic mass is 10.0. The Morgan fingerprint density at radius 2 is 1.94 bits per heavy atom. The standard InChI is InChI=1S/C12H12F3N3/c1-18-7-9(17-11(18)16)6-8-4-2-3-5-10(8)12(13,14)15/h2-5,7H,6H2,1H3,(H2,16,17). The van der Waals surface area contributed by atoms with Crippen LogP contribution >= 0.6 is 0 Å². The van der Waals surface area contributed by atoms with E-state index in [-0.39, 0.29) is 17.9 Å². The van der Waals surface area contributed by atoms with Crippen LogP contribution in [-0.2, 0) is 19.6 Å². The van der Waals surface area contributed by atoms with Crippen molar-refractivity contribution in [2.24, 2.45) is 7.05 Å². The monoisotopic (exact) mass is 255 g/mol. The van der Waals surface area contributed by atoms with Crippen LogP contribution in [-0.4, -0.2) is 9.55 Å². The van der Waals surface area contributed by atoms with Gasteiger partial charge in [-0.05, 0) is 11.6 Å².